The number of nitrogens with one attached hydrogen (secondary N) is 1. The van der Waals surface area contributed by atoms with E-state index in [1.165, 1.54) is 11.1 Å². The van der Waals surface area contributed by atoms with Crippen molar-refractivity contribution in [2.45, 2.75) is 13.5 Å². The number of imidazole rings is 1. The Morgan fingerprint density at radius 3 is 2.48 bits per heavy atom. The zero-order valence-electron chi connectivity index (χ0n) is 13.9. The molecule has 0 fully saturated rings. The fourth-order valence-electron chi connectivity index (χ4n) is 2.88. The summed E-state index contributed by atoms with van der Waals surface area (Å²) in [6.45, 7) is 2.85. The summed E-state index contributed by atoms with van der Waals surface area (Å²) in [6.07, 6.45) is 2.05. The number of nitrogens with zero attached hydrogens (tertiary/aromatic N) is 2. The molecule has 0 atom stereocenters. The van der Waals surface area contributed by atoms with E-state index in [0.29, 0.717) is 0 Å². The fraction of sp³-hybridized carbons (Fsp3) is 0.0952. The number of aromatic nitrogens is 2. The molecular formula is C21H18BrN3. The summed E-state index contributed by atoms with van der Waals surface area (Å²) >= 11 is 3.56. The lowest BCUT2D eigenvalue weighted by atomic mass is 10.1. The van der Waals surface area contributed by atoms with Crippen molar-refractivity contribution in [3.05, 3.63) is 88.5 Å². The van der Waals surface area contributed by atoms with E-state index in [4.69, 9.17) is 4.98 Å². The maximum atomic E-state index is 4.85. The van der Waals surface area contributed by atoms with Crippen LogP contribution in [-0.4, -0.2) is 9.38 Å². The Morgan fingerprint density at radius 1 is 0.960 bits per heavy atom. The number of fused-ring (bicyclic) bond motifs is 1. The SMILES string of the molecule is Cc1ccc(-c2nc3ccc(Br)cn3c2NCc2ccccc2)cc1. The molecule has 0 unspecified atom stereocenters. The zero-order chi connectivity index (χ0) is 17.2. The molecule has 4 aromatic rings. The minimum Gasteiger partial charge on any atom is -0.365 e. The van der Waals surface area contributed by atoms with Gasteiger partial charge in [0.2, 0.25) is 0 Å². The minimum atomic E-state index is 0.750. The number of pyridine rings is 1. The molecule has 4 rings (SSSR count). The first-order chi connectivity index (χ1) is 12.2. The maximum Gasteiger partial charge on any atom is 0.139 e. The van der Waals surface area contributed by atoms with Gasteiger partial charge < -0.3 is 5.32 Å². The van der Waals surface area contributed by atoms with Crippen LogP contribution in [0.1, 0.15) is 11.1 Å². The number of hydrogen-bond donors (Lipinski definition) is 1. The molecular weight excluding hydrogens is 374 g/mol. The van der Waals surface area contributed by atoms with E-state index >= 15 is 0 Å². The van der Waals surface area contributed by atoms with Crippen LogP contribution in [0.4, 0.5) is 5.82 Å². The number of hydrogen-bond acceptors (Lipinski definition) is 2. The van der Waals surface area contributed by atoms with Gasteiger partial charge in [0.25, 0.3) is 0 Å². The number of benzene rings is 2. The highest BCUT2D eigenvalue weighted by molar-refractivity contribution is 9.10. The molecule has 0 radical (unpaired) electrons. The van der Waals surface area contributed by atoms with Gasteiger partial charge in [-0.15, -0.1) is 0 Å². The fourth-order valence-corrected chi connectivity index (χ4v) is 3.22. The summed E-state index contributed by atoms with van der Waals surface area (Å²) in [6, 6.07) is 22.9. The molecule has 0 amide bonds. The Hall–Kier alpha value is -2.59. The van der Waals surface area contributed by atoms with Crippen molar-refractivity contribution < 1.29 is 0 Å². The third-order valence-corrected chi connectivity index (χ3v) is 4.68. The minimum absolute atomic E-state index is 0.750. The number of anilines is 1. The molecule has 2 aromatic carbocycles. The third-order valence-electron chi connectivity index (χ3n) is 4.21. The molecule has 124 valence electrons. The molecule has 2 heterocycles. The molecule has 2 aromatic heterocycles. The van der Waals surface area contributed by atoms with E-state index in [9.17, 15) is 0 Å². The first-order valence-corrected chi connectivity index (χ1v) is 9.02. The summed E-state index contributed by atoms with van der Waals surface area (Å²) in [4.78, 5) is 4.85. The molecule has 1 N–H and O–H groups in total. The predicted molar refractivity (Wildman–Crippen MR) is 107 cm³/mol. The van der Waals surface area contributed by atoms with E-state index in [1.807, 2.05) is 24.4 Å². The lowest BCUT2D eigenvalue weighted by Crippen LogP contribution is -2.03. The van der Waals surface area contributed by atoms with Crippen molar-refractivity contribution in [1.82, 2.24) is 9.38 Å². The Bertz CT molecular complexity index is 1000. The van der Waals surface area contributed by atoms with Gasteiger partial charge in [-0.25, -0.2) is 4.98 Å². The van der Waals surface area contributed by atoms with Crippen LogP contribution in [0.25, 0.3) is 16.9 Å². The summed E-state index contributed by atoms with van der Waals surface area (Å²) in [7, 11) is 0. The van der Waals surface area contributed by atoms with Gasteiger partial charge in [0.05, 0.1) is 0 Å². The van der Waals surface area contributed by atoms with Crippen LogP contribution < -0.4 is 5.32 Å². The van der Waals surface area contributed by atoms with Gasteiger partial charge in [-0.2, -0.15) is 0 Å². The average Bonchev–Trinajstić information content (AvgIpc) is 2.99. The van der Waals surface area contributed by atoms with Crippen molar-refractivity contribution in [1.29, 1.82) is 0 Å². The van der Waals surface area contributed by atoms with Crippen LogP contribution in [0.3, 0.4) is 0 Å². The van der Waals surface area contributed by atoms with Gasteiger partial charge >= 0.3 is 0 Å². The van der Waals surface area contributed by atoms with E-state index in [2.05, 4.69) is 81.1 Å². The highest BCUT2D eigenvalue weighted by Crippen LogP contribution is 2.30. The first kappa shape index (κ1) is 15.9. The van der Waals surface area contributed by atoms with Gasteiger partial charge in [0.15, 0.2) is 0 Å². The second-order valence-electron chi connectivity index (χ2n) is 6.09. The van der Waals surface area contributed by atoms with Crippen LogP contribution in [-0.2, 0) is 6.54 Å². The summed E-state index contributed by atoms with van der Waals surface area (Å²) in [5.41, 5.74) is 5.49. The summed E-state index contributed by atoms with van der Waals surface area (Å²) < 4.78 is 3.12. The van der Waals surface area contributed by atoms with E-state index in [0.717, 1.165) is 33.7 Å². The van der Waals surface area contributed by atoms with Gasteiger partial charge in [-0.3, -0.25) is 4.40 Å². The zero-order valence-corrected chi connectivity index (χ0v) is 15.5. The normalized spacial score (nSPS) is 11.0. The van der Waals surface area contributed by atoms with E-state index < -0.39 is 0 Å². The molecule has 0 aliphatic carbocycles. The Morgan fingerprint density at radius 2 is 1.72 bits per heavy atom. The topological polar surface area (TPSA) is 29.3 Å². The quantitative estimate of drug-likeness (QED) is 0.484. The Balaban J connectivity index is 1.79. The lowest BCUT2D eigenvalue weighted by molar-refractivity contribution is 1.08. The smallest absolute Gasteiger partial charge is 0.139 e. The highest BCUT2D eigenvalue weighted by Gasteiger charge is 2.14. The monoisotopic (exact) mass is 391 g/mol. The molecule has 25 heavy (non-hydrogen) atoms. The second kappa shape index (κ2) is 6.73. The maximum absolute atomic E-state index is 4.85. The predicted octanol–water partition coefficient (Wildman–Crippen LogP) is 5.68. The van der Waals surface area contributed by atoms with Crippen LogP contribution >= 0.6 is 15.9 Å². The molecule has 0 aliphatic rings. The molecule has 4 heteroatoms. The third kappa shape index (κ3) is 3.30. The van der Waals surface area contributed by atoms with Crippen molar-refractivity contribution in [3.8, 4) is 11.3 Å². The molecule has 0 saturated heterocycles. The number of halogens is 1. The molecule has 0 saturated carbocycles. The number of aryl methyl sites for hydroxylation is 1. The van der Waals surface area contributed by atoms with Gasteiger partial charge in [0.1, 0.15) is 17.2 Å². The largest absolute Gasteiger partial charge is 0.365 e. The summed E-state index contributed by atoms with van der Waals surface area (Å²) in [5, 5.41) is 3.57. The molecule has 0 bridgehead atoms. The van der Waals surface area contributed by atoms with Crippen molar-refractivity contribution in [2.24, 2.45) is 0 Å². The van der Waals surface area contributed by atoms with Gasteiger partial charge in [0, 0.05) is 22.8 Å². The Kier molecular flexibility index (Phi) is 4.28. The standard InChI is InChI=1S/C21H18BrN3/c1-15-7-9-17(10-8-15)20-21(23-13-16-5-3-2-4-6-16)25-14-18(22)11-12-19(25)24-20/h2-12,14,23H,13H2,1H3. The Labute approximate surface area is 155 Å². The first-order valence-electron chi connectivity index (χ1n) is 8.23. The van der Waals surface area contributed by atoms with Crippen molar-refractivity contribution >= 4 is 27.4 Å². The summed E-state index contributed by atoms with van der Waals surface area (Å²) in [5.74, 6) is 1.00. The highest BCUT2D eigenvalue weighted by atomic mass is 79.9. The molecule has 3 nitrogen and oxygen atoms in total. The van der Waals surface area contributed by atoms with Crippen molar-refractivity contribution in [2.75, 3.05) is 5.32 Å². The van der Waals surface area contributed by atoms with Crippen LogP contribution in [0.5, 0.6) is 0 Å². The van der Waals surface area contributed by atoms with E-state index in [1.54, 1.807) is 0 Å². The van der Waals surface area contributed by atoms with E-state index in [-0.39, 0.29) is 0 Å². The van der Waals surface area contributed by atoms with Crippen LogP contribution in [0, 0.1) is 6.92 Å². The van der Waals surface area contributed by atoms with Crippen molar-refractivity contribution in [3.63, 3.8) is 0 Å². The van der Waals surface area contributed by atoms with Crippen LogP contribution in [0.15, 0.2) is 77.4 Å². The second-order valence-corrected chi connectivity index (χ2v) is 7.01. The van der Waals surface area contributed by atoms with Gasteiger partial charge in [-0.1, -0.05) is 60.2 Å². The number of rotatable bonds is 4. The molecule has 0 aliphatic heterocycles. The average molecular weight is 392 g/mol. The lowest BCUT2D eigenvalue weighted by Gasteiger charge is -2.09. The van der Waals surface area contributed by atoms with Gasteiger partial charge in [-0.05, 0) is 40.5 Å². The molecule has 0 spiro atoms. The van der Waals surface area contributed by atoms with Crippen LogP contribution in [0.2, 0.25) is 0 Å².